The van der Waals surface area contributed by atoms with Gasteiger partial charge in [-0.15, -0.1) is 0 Å². The fourth-order valence-electron chi connectivity index (χ4n) is 3.97. The lowest BCUT2D eigenvalue weighted by atomic mass is 10.0. The van der Waals surface area contributed by atoms with E-state index in [0.717, 1.165) is 49.4 Å². The van der Waals surface area contributed by atoms with Gasteiger partial charge in [0.15, 0.2) is 0 Å². The molecule has 134 valence electrons. The van der Waals surface area contributed by atoms with Crippen molar-refractivity contribution in [1.29, 1.82) is 0 Å². The van der Waals surface area contributed by atoms with Gasteiger partial charge in [0, 0.05) is 25.7 Å². The molecule has 5 nitrogen and oxygen atoms in total. The van der Waals surface area contributed by atoms with Crippen LogP contribution in [0.5, 0.6) is 0 Å². The number of carboxylic acid groups (broad SMARTS) is 1. The first-order valence-corrected chi connectivity index (χ1v) is 9.10. The predicted molar refractivity (Wildman–Crippen MR) is 101 cm³/mol. The van der Waals surface area contributed by atoms with Gasteiger partial charge in [0.05, 0.1) is 16.6 Å². The van der Waals surface area contributed by atoms with Gasteiger partial charge in [0.25, 0.3) is 0 Å². The predicted octanol–water partition coefficient (Wildman–Crippen LogP) is 3.88. The fraction of sp³-hybridized carbons (Fsp3) is 0.333. The molecule has 5 heteroatoms. The van der Waals surface area contributed by atoms with Gasteiger partial charge in [-0.25, -0.2) is 9.78 Å². The second kappa shape index (κ2) is 6.92. The van der Waals surface area contributed by atoms with Crippen molar-refractivity contribution in [2.45, 2.75) is 32.4 Å². The van der Waals surface area contributed by atoms with Crippen molar-refractivity contribution in [1.82, 2.24) is 14.5 Å². The van der Waals surface area contributed by atoms with E-state index < -0.39 is 5.97 Å². The minimum absolute atomic E-state index is 0.343. The molecular formula is C21H23N3O2. The summed E-state index contributed by atoms with van der Waals surface area (Å²) < 4.78 is 2.40. The average Bonchev–Trinajstić information content (AvgIpc) is 2.99. The Bertz CT molecular complexity index is 922. The molecule has 2 aromatic carbocycles. The molecule has 1 saturated heterocycles. The molecule has 3 aromatic rings. The Morgan fingerprint density at radius 3 is 2.50 bits per heavy atom. The molecule has 0 saturated carbocycles. The number of benzene rings is 2. The molecule has 0 spiro atoms. The number of aryl methyl sites for hydroxylation is 1. The summed E-state index contributed by atoms with van der Waals surface area (Å²) in [5.74, 6) is 0.217. The van der Waals surface area contributed by atoms with E-state index in [4.69, 9.17) is 10.1 Å². The molecule has 1 N–H and O–H groups in total. The van der Waals surface area contributed by atoms with Crippen LogP contribution >= 0.6 is 0 Å². The summed E-state index contributed by atoms with van der Waals surface area (Å²) in [5.41, 5.74) is 3.81. The lowest BCUT2D eigenvalue weighted by molar-refractivity contribution is 0.0697. The number of imidazole rings is 1. The molecule has 26 heavy (non-hydrogen) atoms. The smallest absolute Gasteiger partial charge is 0.335 e. The first-order chi connectivity index (χ1) is 12.6. The standard InChI is InChI=1S/C21H23N3O2/c1-15-22-19-4-2-3-5-20(19)24(15)18-10-12-23(13-11-18)14-16-6-8-17(9-7-16)21(25)26/h2-9,18H,10-14H2,1H3,(H,25,26). The van der Waals surface area contributed by atoms with Gasteiger partial charge in [-0.3, -0.25) is 4.90 Å². The monoisotopic (exact) mass is 349 g/mol. The minimum atomic E-state index is -0.875. The SMILES string of the molecule is Cc1nc2ccccc2n1C1CCN(Cc2ccc(C(=O)O)cc2)CC1. The molecule has 0 radical (unpaired) electrons. The van der Waals surface area contributed by atoms with E-state index in [1.165, 1.54) is 5.52 Å². The van der Waals surface area contributed by atoms with Crippen LogP contribution in [0.3, 0.4) is 0 Å². The van der Waals surface area contributed by atoms with Gasteiger partial charge in [0.2, 0.25) is 0 Å². The van der Waals surface area contributed by atoms with Gasteiger partial charge < -0.3 is 9.67 Å². The van der Waals surface area contributed by atoms with Crippen LogP contribution in [0, 0.1) is 6.92 Å². The number of likely N-dealkylation sites (tertiary alicyclic amines) is 1. The van der Waals surface area contributed by atoms with Crippen molar-refractivity contribution < 1.29 is 9.90 Å². The van der Waals surface area contributed by atoms with Crippen LogP contribution in [0.4, 0.5) is 0 Å². The van der Waals surface area contributed by atoms with Crippen LogP contribution < -0.4 is 0 Å². The van der Waals surface area contributed by atoms with Crippen LogP contribution in [-0.2, 0) is 6.54 Å². The number of fused-ring (bicyclic) bond motifs is 1. The van der Waals surface area contributed by atoms with Gasteiger partial charge in [-0.2, -0.15) is 0 Å². The highest BCUT2D eigenvalue weighted by Crippen LogP contribution is 2.29. The van der Waals surface area contributed by atoms with Gasteiger partial charge in [-0.1, -0.05) is 24.3 Å². The summed E-state index contributed by atoms with van der Waals surface area (Å²) in [5, 5.41) is 9.00. The number of aromatic nitrogens is 2. The second-order valence-corrected chi connectivity index (χ2v) is 7.03. The summed E-state index contributed by atoms with van der Waals surface area (Å²) in [6.45, 7) is 5.04. The summed E-state index contributed by atoms with van der Waals surface area (Å²) in [6.07, 6.45) is 2.21. The van der Waals surface area contributed by atoms with Crippen molar-refractivity contribution in [3.05, 3.63) is 65.5 Å². The summed E-state index contributed by atoms with van der Waals surface area (Å²) in [7, 11) is 0. The van der Waals surface area contributed by atoms with Gasteiger partial charge in [0.1, 0.15) is 5.82 Å². The third-order valence-corrected chi connectivity index (χ3v) is 5.30. The molecule has 1 aliphatic rings. The molecule has 0 bridgehead atoms. The maximum atomic E-state index is 11.0. The number of carboxylic acids is 1. The zero-order valence-electron chi connectivity index (χ0n) is 14.9. The van der Waals surface area contributed by atoms with Crippen LogP contribution in [0.1, 0.15) is 40.6 Å². The lowest BCUT2D eigenvalue weighted by Crippen LogP contribution is -2.34. The maximum Gasteiger partial charge on any atom is 0.335 e. The molecule has 4 rings (SSSR count). The number of piperidine rings is 1. The molecule has 1 aliphatic heterocycles. The van der Waals surface area contributed by atoms with Gasteiger partial charge >= 0.3 is 5.97 Å². The molecule has 0 unspecified atom stereocenters. The zero-order chi connectivity index (χ0) is 18.1. The van der Waals surface area contributed by atoms with Crippen molar-refractivity contribution in [3.63, 3.8) is 0 Å². The number of para-hydroxylation sites is 2. The molecule has 0 atom stereocenters. The van der Waals surface area contributed by atoms with Crippen molar-refractivity contribution >= 4 is 17.0 Å². The first-order valence-electron chi connectivity index (χ1n) is 9.10. The van der Waals surface area contributed by atoms with Crippen molar-refractivity contribution in [2.75, 3.05) is 13.1 Å². The van der Waals surface area contributed by atoms with Crippen LogP contribution in [-0.4, -0.2) is 38.6 Å². The molecule has 0 amide bonds. The van der Waals surface area contributed by atoms with Crippen molar-refractivity contribution in [2.24, 2.45) is 0 Å². The lowest BCUT2D eigenvalue weighted by Gasteiger charge is -2.33. The van der Waals surface area contributed by atoms with Crippen LogP contribution in [0.25, 0.3) is 11.0 Å². The van der Waals surface area contributed by atoms with Crippen molar-refractivity contribution in [3.8, 4) is 0 Å². The number of hydrogen-bond acceptors (Lipinski definition) is 3. The summed E-state index contributed by atoms with van der Waals surface area (Å²) in [4.78, 5) is 18.1. The number of aromatic carboxylic acids is 1. The zero-order valence-corrected chi connectivity index (χ0v) is 14.9. The number of carbonyl (C=O) groups is 1. The first kappa shape index (κ1) is 16.8. The van der Waals surface area contributed by atoms with Gasteiger partial charge in [-0.05, 0) is 49.6 Å². The fourth-order valence-corrected chi connectivity index (χ4v) is 3.97. The Hall–Kier alpha value is -2.66. The third-order valence-electron chi connectivity index (χ3n) is 5.30. The third kappa shape index (κ3) is 3.22. The topological polar surface area (TPSA) is 58.4 Å². The highest BCUT2D eigenvalue weighted by Gasteiger charge is 2.23. The van der Waals surface area contributed by atoms with E-state index in [0.29, 0.717) is 11.6 Å². The highest BCUT2D eigenvalue weighted by molar-refractivity contribution is 5.87. The number of rotatable bonds is 4. The van der Waals surface area contributed by atoms with E-state index in [9.17, 15) is 4.79 Å². The van der Waals surface area contributed by atoms with Crippen LogP contribution in [0.15, 0.2) is 48.5 Å². The Balaban J connectivity index is 1.42. The molecule has 0 aliphatic carbocycles. The Kier molecular flexibility index (Phi) is 4.47. The largest absolute Gasteiger partial charge is 0.478 e. The highest BCUT2D eigenvalue weighted by atomic mass is 16.4. The number of nitrogens with zero attached hydrogens (tertiary/aromatic N) is 3. The Morgan fingerprint density at radius 1 is 1.12 bits per heavy atom. The minimum Gasteiger partial charge on any atom is -0.478 e. The summed E-state index contributed by atoms with van der Waals surface area (Å²) in [6, 6.07) is 16.1. The normalized spacial score (nSPS) is 16.2. The van der Waals surface area contributed by atoms with E-state index in [-0.39, 0.29) is 0 Å². The molecule has 1 fully saturated rings. The summed E-state index contributed by atoms with van der Waals surface area (Å²) >= 11 is 0. The van der Waals surface area contributed by atoms with E-state index >= 15 is 0 Å². The van der Waals surface area contributed by atoms with Crippen LogP contribution in [0.2, 0.25) is 0 Å². The maximum absolute atomic E-state index is 11.0. The average molecular weight is 349 g/mol. The quantitative estimate of drug-likeness (QED) is 0.776. The molecule has 2 heterocycles. The number of hydrogen-bond donors (Lipinski definition) is 1. The second-order valence-electron chi connectivity index (χ2n) is 7.03. The van der Waals surface area contributed by atoms with E-state index in [2.05, 4.69) is 34.6 Å². The molecular weight excluding hydrogens is 326 g/mol. The Morgan fingerprint density at radius 2 is 1.81 bits per heavy atom. The molecule has 1 aromatic heterocycles. The Labute approximate surface area is 152 Å². The van der Waals surface area contributed by atoms with E-state index in [1.54, 1.807) is 12.1 Å². The van der Waals surface area contributed by atoms with E-state index in [1.807, 2.05) is 18.2 Å².